The van der Waals surface area contributed by atoms with Gasteiger partial charge < -0.3 is 10.2 Å². The molecule has 0 fully saturated rings. The molecule has 1 atom stereocenters. The number of carbonyl (C=O) groups excluding carboxylic acids is 1. The Bertz CT molecular complexity index is 241. The summed E-state index contributed by atoms with van der Waals surface area (Å²) in [6, 6.07) is 0.290. The lowest BCUT2D eigenvalue weighted by Crippen LogP contribution is -2.34. The van der Waals surface area contributed by atoms with Crippen LogP contribution in [0, 0.1) is 0 Å². The van der Waals surface area contributed by atoms with Crippen molar-refractivity contribution in [3.05, 3.63) is 0 Å². The van der Waals surface area contributed by atoms with Crippen LogP contribution in [0.3, 0.4) is 0 Å². The molecule has 0 radical (unpaired) electrons. The van der Waals surface area contributed by atoms with Crippen molar-refractivity contribution in [2.24, 2.45) is 0 Å². The van der Waals surface area contributed by atoms with E-state index in [0.717, 1.165) is 19.4 Å². The summed E-state index contributed by atoms with van der Waals surface area (Å²) in [5.74, 6) is 0.226. The summed E-state index contributed by atoms with van der Waals surface area (Å²) in [6.07, 6.45) is 13.4. The number of amides is 1. The zero-order valence-electron chi connectivity index (χ0n) is 14.9. The zero-order chi connectivity index (χ0) is 15.9. The first-order valence-electron chi connectivity index (χ1n) is 9.00. The summed E-state index contributed by atoms with van der Waals surface area (Å²) in [7, 11) is 4.13. The van der Waals surface area contributed by atoms with Crippen LogP contribution in [0.1, 0.15) is 84.5 Å². The summed E-state index contributed by atoms with van der Waals surface area (Å²) >= 11 is 0. The van der Waals surface area contributed by atoms with Crippen LogP contribution in [0.2, 0.25) is 0 Å². The van der Waals surface area contributed by atoms with Gasteiger partial charge in [-0.15, -0.1) is 0 Å². The normalized spacial score (nSPS) is 12.6. The Morgan fingerprint density at radius 2 is 1.48 bits per heavy atom. The predicted octanol–water partition coefficient (Wildman–Crippen LogP) is 4.36. The molecule has 0 aliphatic rings. The van der Waals surface area contributed by atoms with Crippen LogP contribution < -0.4 is 5.32 Å². The number of carbonyl (C=O) groups is 1. The van der Waals surface area contributed by atoms with Gasteiger partial charge in [0.1, 0.15) is 0 Å². The van der Waals surface area contributed by atoms with E-state index in [1.165, 1.54) is 51.4 Å². The quantitative estimate of drug-likeness (QED) is 0.483. The second-order valence-electron chi connectivity index (χ2n) is 6.64. The van der Waals surface area contributed by atoms with Gasteiger partial charge in [0.2, 0.25) is 5.91 Å². The van der Waals surface area contributed by atoms with E-state index < -0.39 is 0 Å². The monoisotopic (exact) mass is 298 g/mol. The average molecular weight is 299 g/mol. The maximum Gasteiger partial charge on any atom is 0.220 e. The first-order valence-corrected chi connectivity index (χ1v) is 9.00. The zero-order valence-corrected chi connectivity index (χ0v) is 14.9. The van der Waals surface area contributed by atoms with Crippen LogP contribution in [0.25, 0.3) is 0 Å². The lowest BCUT2D eigenvalue weighted by Gasteiger charge is -2.16. The summed E-state index contributed by atoms with van der Waals surface area (Å²) < 4.78 is 0. The maximum atomic E-state index is 11.8. The molecule has 21 heavy (non-hydrogen) atoms. The van der Waals surface area contributed by atoms with Crippen LogP contribution in [0.5, 0.6) is 0 Å². The van der Waals surface area contributed by atoms with E-state index in [0.29, 0.717) is 12.5 Å². The van der Waals surface area contributed by atoms with Gasteiger partial charge >= 0.3 is 0 Å². The number of hydrogen-bond acceptors (Lipinski definition) is 2. The Hall–Kier alpha value is -0.570. The summed E-state index contributed by atoms with van der Waals surface area (Å²) in [5, 5.41) is 3.09. The van der Waals surface area contributed by atoms with Crippen molar-refractivity contribution in [3.8, 4) is 0 Å². The van der Waals surface area contributed by atoms with Gasteiger partial charge in [-0.3, -0.25) is 4.79 Å². The molecule has 0 heterocycles. The highest BCUT2D eigenvalue weighted by Gasteiger charge is 2.07. The minimum atomic E-state index is 0.226. The van der Waals surface area contributed by atoms with Crippen LogP contribution >= 0.6 is 0 Å². The first-order chi connectivity index (χ1) is 10.1. The molecule has 1 unspecified atom stereocenters. The molecule has 126 valence electrons. The van der Waals surface area contributed by atoms with Crippen molar-refractivity contribution < 1.29 is 4.79 Å². The molecule has 0 rings (SSSR count). The number of unbranched alkanes of at least 4 members (excludes halogenated alkanes) is 8. The molecule has 3 nitrogen and oxygen atoms in total. The third kappa shape index (κ3) is 15.6. The molecular formula is C18H38N2O. The first kappa shape index (κ1) is 20.4. The van der Waals surface area contributed by atoms with Crippen molar-refractivity contribution in [2.45, 2.75) is 90.5 Å². The van der Waals surface area contributed by atoms with E-state index in [1.54, 1.807) is 0 Å². The van der Waals surface area contributed by atoms with E-state index in [4.69, 9.17) is 0 Å². The van der Waals surface area contributed by atoms with E-state index in [-0.39, 0.29) is 5.91 Å². The maximum absolute atomic E-state index is 11.8. The van der Waals surface area contributed by atoms with E-state index >= 15 is 0 Å². The van der Waals surface area contributed by atoms with Crippen molar-refractivity contribution in [1.29, 1.82) is 0 Å². The second kappa shape index (κ2) is 14.4. The average Bonchev–Trinajstić information content (AvgIpc) is 2.43. The molecule has 0 aliphatic carbocycles. The Labute approximate surface area is 132 Å². The van der Waals surface area contributed by atoms with Crippen LogP contribution in [-0.2, 0) is 4.79 Å². The fraction of sp³-hybridized carbons (Fsp3) is 0.944. The van der Waals surface area contributed by atoms with Gasteiger partial charge in [0.25, 0.3) is 0 Å². The van der Waals surface area contributed by atoms with Gasteiger partial charge in [0, 0.05) is 12.5 Å². The topological polar surface area (TPSA) is 32.3 Å². The molecule has 0 aromatic heterocycles. The number of nitrogens with zero attached hydrogens (tertiary/aromatic N) is 1. The van der Waals surface area contributed by atoms with Gasteiger partial charge in [-0.05, 0) is 40.4 Å². The Balaban J connectivity index is 3.33. The second-order valence-corrected chi connectivity index (χ2v) is 6.64. The molecule has 0 aromatic carbocycles. The highest BCUT2D eigenvalue weighted by atomic mass is 16.1. The molecular weight excluding hydrogens is 260 g/mol. The predicted molar refractivity (Wildman–Crippen MR) is 92.6 cm³/mol. The molecule has 1 N–H and O–H groups in total. The number of rotatable bonds is 14. The van der Waals surface area contributed by atoms with Crippen molar-refractivity contribution >= 4 is 5.91 Å². The highest BCUT2D eigenvalue weighted by molar-refractivity contribution is 5.76. The third-order valence-corrected chi connectivity index (χ3v) is 3.92. The lowest BCUT2D eigenvalue weighted by atomic mass is 10.1. The van der Waals surface area contributed by atoms with Gasteiger partial charge in [0.15, 0.2) is 0 Å². The molecule has 0 saturated carbocycles. The molecule has 0 aromatic rings. The van der Waals surface area contributed by atoms with Crippen molar-refractivity contribution in [2.75, 3.05) is 20.6 Å². The summed E-state index contributed by atoms with van der Waals surface area (Å²) in [6.45, 7) is 5.38. The largest absolute Gasteiger partial charge is 0.354 e. The highest BCUT2D eigenvalue weighted by Crippen LogP contribution is 2.10. The molecule has 0 saturated heterocycles. The van der Waals surface area contributed by atoms with E-state index in [9.17, 15) is 4.79 Å². The third-order valence-electron chi connectivity index (χ3n) is 3.92. The van der Waals surface area contributed by atoms with E-state index in [1.807, 2.05) is 0 Å². The molecule has 0 aliphatic heterocycles. The van der Waals surface area contributed by atoms with E-state index in [2.05, 4.69) is 38.2 Å². The molecule has 0 bridgehead atoms. The van der Waals surface area contributed by atoms with Gasteiger partial charge in [-0.2, -0.15) is 0 Å². The Morgan fingerprint density at radius 1 is 0.952 bits per heavy atom. The van der Waals surface area contributed by atoms with Gasteiger partial charge in [-0.1, -0.05) is 58.3 Å². The standard InChI is InChI=1S/C18H38N2O/c1-5-6-7-8-9-10-11-12-13-14-18(21)19-17(2)15-16-20(3)4/h17H,5-16H2,1-4H3,(H,19,21). The molecule has 3 heteroatoms. The molecule has 1 amide bonds. The SMILES string of the molecule is CCCCCCCCCCCC(=O)NC(C)CCN(C)C. The fourth-order valence-corrected chi connectivity index (χ4v) is 2.47. The lowest BCUT2D eigenvalue weighted by molar-refractivity contribution is -0.121. The van der Waals surface area contributed by atoms with Crippen molar-refractivity contribution in [1.82, 2.24) is 10.2 Å². The minimum absolute atomic E-state index is 0.226. The minimum Gasteiger partial charge on any atom is -0.354 e. The van der Waals surface area contributed by atoms with Crippen molar-refractivity contribution in [3.63, 3.8) is 0 Å². The van der Waals surface area contributed by atoms with Crippen LogP contribution in [0.4, 0.5) is 0 Å². The fourth-order valence-electron chi connectivity index (χ4n) is 2.47. The van der Waals surface area contributed by atoms with Gasteiger partial charge in [0.05, 0.1) is 0 Å². The Kier molecular flexibility index (Phi) is 14.0. The summed E-state index contributed by atoms with van der Waals surface area (Å²) in [4.78, 5) is 13.9. The smallest absolute Gasteiger partial charge is 0.220 e. The van der Waals surface area contributed by atoms with Crippen LogP contribution in [-0.4, -0.2) is 37.5 Å². The number of hydrogen-bond donors (Lipinski definition) is 1. The Morgan fingerprint density at radius 3 is 2.00 bits per heavy atom. The molecule has 0 spiro atoms. The van der Waals surface area contributed by atoms with Gasteiger partial charge in [-0.25, -0.2) is 0 Å². The van der Waals surface area contributed by atoms with Crippen LogP contribution in [0.15, 0.2) is 0 Å². The number of nitrogens with one attached hydrogen (secondary N) is 1. The summed E-state index contributed by atoms with van der Waals surface area (Å²) in [5.41, 5.74) is 0.